The molecule has 2 heterocycles. The van der Waals surface area contributed by atoms with Crippen molar-refractivity contribution in [1.29, 1.82) is 0 Å². The maximum atomic E-state index is 12.7. The number of rotatable bonds is 8. The van der Waals surface area contributed by atoms with E-state index in [4.69, 9.17) is 21.1 Å². The van der Waals surface area contributed by atoms with Gasteiger partial charge in [-0.15, -0.1) is 10.2 Å². The molecule has 0 spiro atoms. The number of ether oxygens (including phenoxy) is 2. The van der Waals surface area contributed by atoms with Crippen LogP contribution in [0.4, 0.5) is 5.69 Å². The second kappa shape index (κ2) is 8.99. The predicted octanol–water partition coefficient (Wildman–Crippen LogP) is 5.16. The molecule has 0 bridgehead atoms. The van der Waals surface area contributed by atoms with Crippen LogP contribution in [0.3, 0.4) is 0 Å². The van der Waals surface area contributed by atoms with Crippen molar-refractivity contribution in [3.05, 3.63) is 47.6 Å². The molecule has 1 amide bonds. The second-order valence-electron chi connectivity index (χ2n) is 7.68. The molecule has 1 aliphatic rings. The number of fused-ring (bicyclic) bond motifs is 1. The van der Waals surface area contributed by atoms with Gasteiger partial charge in [0.25, 0.3) is 0 Å². The monoisotopic (exact) mass is 483 g/mol. The van der Waals surface area contributed by atoms with E-state index in [1.807, 2.05) is 24.4 Å². The number of hydrogen-bond acceptors (Lipinski definition) is 6. The summed E-state index contributed by atoms with van der Waals surface area (Å²) in [7, 11) is 3.05. The molecule has 1 fully saturated rings. The molecule has 4 aromatic rings. The molecular weight excluding hydrogens is 462 g/mol. The summed E-state index contributed by atoms with van der Waals surface area (Å²) >= 11 is 7.57. The third-order valence-corrected chi connectivity index (χ3v) is 6.73. The Morgan fingerprint density at radius 2 is 2.00 bits per heavy atom. The van der Waals surface area contributed by atoms with Gasteiger partial charge in [0.15, 0.2) is 11.0 Å². The summed E-state index contributed by atoms with van der Waals surface area (Å²) in [6.45, 7) is 0. The molecule has 1 aliphatic carbocycles. The van der Waals surface area contributed by atoms with E-state index in [-0.39, 0.29) is 11.7 Å². The number of halogens is 1. The number of H-pyrrole nitrogens is 1. The summed E-state index contributed by atoms with van der Waals surface area (Å²) in [5, 5.41) is 14.0. The zero-order valence-electron chi connectivity index (χ0n) is 18.1. The largest absolute Gasteiger partial charge is 0.495 e. The second-order valence-corrected chi connectivity index (χ2v) is 9.03. The lowest BCUT2D eigenvalue weighted by Gasteiger charge is -2.13. The van der Waals surface area contributed by atoms with Gasteiger partial charge in [-0.05, 0) is 25.0 Å². The highest BCUT2D eigenvalue weighted by molar-refractivity contribution is 7.99. The van der Waals surface area contributed by atoms with Gasteiger partial charge in [0.1, 0.15) is 11.5 Å². The first-order chi connectivity index (χ1) is 16.1. The summed E-state index contributed by atoms with van der Waals surface area (Å²) < 4.78 is 12.7. The predicted molar refractivity (Wildman–Crippen MR) is 129 cm³/mol. The zero-order valence-corrected chi connectivity index (χ0v) is 19.7. The molecule has 0 unspecified atom stereocenters. The van der Waals surface area contributed by atoms with Gasteiger partial charge in [0.2, 0.25) is 5.91 Å². The van der Waals surface area contributed by atoms with Gasteiger partial charge >= 0.3 is 0 Å². The number of anilines is 1. The third-order valence-electron chi connectivity index (χ3n) is 5.49. The normalized spacial score (nSPS) is 13.3. The number of thioether (sulfide) groups is 1. The standard InChI is InChI=1S/C23H22ClN5O3S/c1-31-19-10-20(32-2)18(9-16(19)24)26-21(30)12-33-23-28-27-22(29(23)13-7-8-13)15-11-25-17-6-4-3-5-14(15)17/h3-6,9-11,13,25H,7-8,12H2,1-2H3,(H,26,30). The number of para-hydroxylation sites is 1. The average Bonchev–Trinajstić information content (AvgIpc) is 3.43. The van der Waals surface area contributed by atoms with Crippen LogP contribution in [-0.4, -0.2) is 45.6 Å². The Labute approximate surface area is 199 Å². The molecular formula is C23H22ClN5O3S. The van der Waals surface area contributed by atoms with Crippen LogP contribution in [0, 0.1) is 0 Å². The van der Waals surface area contributed by atoms with Crippen LogP contribution >= 0.6 is 23.4 Å². The van der Waals surface area contributed by atoms with E-state index in [1.165, 1.54) is 26.0 Å². The van der Waals surface area contributed by atoms with Gasteiger partial charge in [-0.3, -0.25) is 9.36 Å². The van der Waals surface area contributed by atoms with E-state index in [9.17, 15) is 4.79 Å². The quantitative estimate of drug-likeness (QED) is 0.336. The highest BCUT2D eigenvalue weighted by atomic mass is 35.5. The fourth-order valence-corrected chi connectivity index (χ4v) is 4.80. The fourth-order valence-electron chi connectivity index (χ4n) is 3.75. The molecule has 8 nitrogen and oxygen atoms in total. The third kappa shape index (κ3) is 4.26. The molecule has 33 heavy (non-hydrogen) atoms. The lowest BCUT2D eigenvalue weighted by Crippen LogP contribution is -2.15. The van der Waals surface area contributed by atoms with E-state index in [0.29, 0.717) is 28.3 Å². The summed E-state index contributed by atoms with van der Waals surface area (Å²) in [6.07, 6.45) is 4.12. The number of methoxy groups -OCH3 is 2. The van der Waals surface area contributed by atoms with Crippen LogP contribution in [0.25, 0.3) is 22.3 Å². The molecule has 2 N–H and O–H groups in total. The Morgan fingerprint density at radius 1 is 1.21 bits per heavy atom. The van der Waals surface area contributed by atoms with Crippen molar-refractivity contribution in [2.45, 2.75) is 24.0 Å². The number of benzene rings is 2. The van der Waals surface area contributed by atoms with Crippen molar-refractivity contribution >= 4 is 45.9 Å². The van der Waals surface area contributed by atoms with Crippen LogP contribution in [0.15, 0.2) is 47.8 Å². The van der Waals surface area contributed by atoms with Crippen molar-refractivity contribution in [2.75, 3.05) is 25.3 Å². The Morgan fingerprint density at radius 3 is 2.76 bits per heavy atom. The van der Waals surface area contributed by atoms with E-state index in [0.717, 1.165) is 40.3 Å². The minimum atomic E-state index is -0.196. The van der Waals surface area contributed by atoms with Gasteiger partial charge in [0, 0.05) is 34.8 Å². The Kier molecular flexibility index (Phi) is 5.90. The van der Waals surface area contributed by atoms with E-state index >= 15 is 0 Å². The maximum Gasteiger partial charge on any atom is 0.234 e. The van der Waals surface area contributed by atoms with Crippen LogP contribution in [-0.2, 0) is 4.79 Å². The average molecular weight is 484 g/mol. The summed E-state index contributed by atoms with van der Waals surface area (Å²) in [5.41, 5.74) is 2.55. The molecule has 0 radical (unpaired) electrons. The lowest BCUT2D eigenvalue weighted by atomic mass is 10.1. The molecule has 0 saturated heterocycles. The minimum absolute atomic E-state index is 0.172. The summed E-state index contributed by atoms with van der Waals surface area (Å²) in [5.74, 6) is 1.74. The van der Waals surface area contributed by atoms with Gasteiger partial charge < -0.3 is 19.8 Å². The number of carbonyl (C=O) groups excluding carboxylic acids is 1. The van der Waals surface area contributed by atoms with Crippen LogP contribution in [0.5, 0.6) is 11.5 Å². The molecule has 1 saturated carbocycles. The van der Waals surface area contributed by atoms with Gasteiger partial charge in [-0.25, -0.2) is 0 Å². The van der Waals surface area contributed by atoms with Gasteiger partial charge in [-0.2, -0.15) is 0 Å². The van der Waals surface area contributed by atoms with Crippen molar-refractivity contribution in [3.8, 4) is 22.9 Å². The van der Waals surface area contributed by atoms with Crippen molar-refractivity contribution in [1.82, 2.24) is 19.7 Å². The zero-order chi connectivity index (χ0) is 22.9. The summed E-state index contributed by atoms with van der Waals surface area (Å²) in [4.78, 5) is 16.0. The number of amides is 1. The highest BCUT2D eigenvalue weighted by Gasteiger charge is 2.31. The highest BCUT2D eigenvalue weighted by Crippen LogP contribution is 2.42. The molecule has 5 rings (SSSR count). The molecule has 170 valence electrons. The first-order valence-electron chi connectivity index (χ1n) is 10.4. The number of aromatic amines is 1. The topological polar surface area (TPSA) is 94.1 Å². The van der Waals surface area contributed by atoms with Crippen LogP contribution < -0.4 is 14.8 Å². The first kappa shape index (κ1) is 21.7. The molecule has 2 aromatic heterocycles. The maximum absolute atomic E-state index is 12.7. The molecule has 0 aliphatic heterocycles. The van der Waals surface area contributed by atoms with E-state index in [2.05, 4.69) is 31.1 Å². The smallest absolute Gasteiger partial charge is 0.234 e. The number of nitrogens with zero attached hydrogens (tertiary/aromatic N) is 3. The summed E-state index contributed by atoms with van der Waals surface area (Å²) in [6, 6.07) is 11.7. The van der Waals surface area contributed by atoms with Crippen LogP contribution in [0.2, 0.25) is 5.02 Å². The lowest BCUT2D eigenvalue weighted by molar-refractivity contribution is -0.113. The fraction of sp³-hybridized carbons (Fsp3) is 0.261. The number of nitrogens with one attached hydrogen (secondary N) is 2. The Hall–Kier alpha value is -3.17. The molecule has 2 aromatic carbocycles. The van der Waals surface area contributed by atoms with Crippen molar-refractivity contribution < 1.29 is 14.3 Å². The Bertz CT molecular complexity index is 1330. The van der Waals surface area contributed by atoms with Gasteiger partial charge in [-0.1, -0.05) is 41.6 Å². The van der Waals surface area contributed by atoms with E-state index < -0.39 is 0 Å². The van der Waals surface area contributed by atoms with Crippen molar-refractivity contribution in [3.63, 3.8) is 0 Å². The number of hydrogen-bond donors (Lipinski definition) is 2. The number of aromatic nitrogens is 4. The molecule has 10 heteroatoms. The van der Waals surface area contributed by atoms with Gasteiger partial charge in [0.05, 0.1) is 30.7 Å². The van der Waals surface area contributed by atoms with E-state index in [1.54, 1.807) is 12.1 Å². The molecule has 0 atom stereocenters. The Balaban J connectivity index is 1.35. The van der Waals surface area contributed by atoms with Crippen molar-refractivity contribution in [2.24, 2.45) is 0 Å². The number of carbonyl (C=O) groups is 1. The van der Waals surface area contributed by atoms with Crippen LogP contribution in [0.1, 0.15) is 18.9 Å². The SMILES string of the molecule is COc1cc(OC)c(NC(=O)CSc2nnc(-c3c[nH]c4ccccc34)n2C2CC2)cc1Cl. The first-order valence-corrected chi connectivity index (χ1v) is 11.8. The minimum Gasteiger partial charge on any atom is -0.495 e.